The lowest BCUT2D eigenvalue weighted by Gasteiger charge is -2.38. The lowest BCUT2D eigenvalue weighted by atomic mass is 9.73. The van der Waals surface area contributed by atoms with Crippen LogP contribution in [0.4, 0.5) is 26.3 Å². The number of imidazole rings is 1. The summed E-state index contributed by atoms with van der Waals surface area (Å²) in [5.41, 5.74) is -4.46. The first-order valence-corrected chi connectivity index (χ1v) is 22.4. The molecule has 0 N–H and O–H groups in total. The Kier molecular flexibility index (Phi) is 11.3. The maximum Gasteiger partial charge on any atom is 0.411 e. The normalized spacial score (nSPS) is 12.6. The predicted molar refractivity (Wildman–Crippen MR) is 229 cm³/mol. The number of alkyl halides is 6. The molecule has 0 spiro atoms. The third kappa shape index (κ3) is 8.05. The second-order valence-electron chi connectivity index (χ2n) is 14.9. The molecule has 0 aliphatic rings. The van der Waals surface area contributed by atoms with Crippen molar-refractivity contribution in [2.45, 2.75) is 44.3 Å². The molecule has 332 valence electrons. The third-order valence-electron chi connectivity index (χ3n) is 10.9. The molecule has 1 heterocycles. The van der Waals surface area contributed by atoms with Crippen molar-refractivity contribution in [2.75, 3.05) is 0 Å². The Bertz CT molecular complexity index is 3300. The van der Waals surface area contributed by atoms with Crippen molar-refractivity contribution in [2.24, 2.45) is 7.05 Å². The van der Waals surface area contributed by atoms with Gasteiger partial charge in [-0.15, -0.1) is 0 Å². The molecule has 1 aromatic heterocycles. The highest BCUT2D eigenvalue weighted by molar-refractivity contribution is 7.91. The zero-order valence-electron chi connectivity index (χ0n) is 34.0. The molecular formula is C48H34F6N2O7S2. The van der Waals surface area contributed by atoms with Crippen LogP contribution in [-0.4, -0.2) is 38.3 Å². The molecule has 9 nitrogen and oxygen atoms in total. The highest BCUT2D eigenvalue weighted by Gasteiger charge is 2.72. The van der Waals surface area contributed by atoms with Gasteiger partial charge < -0.3 is 9.47 Å². The quantitative estimate of drug-likeness (QED) is 0.119. The predicted octanol–water partition coefficient (Wildman–Crippen LogP) is 11.3. The summed E-state index contributed by atoms with van der Waals surface area (Å²) in [6.07, 6.45) is -11.8. The number of fused-ring (bicyclic) bond motifs is 1. The van der Waals surface area contributed by atoms with Gasteiger partial charge in [0.25, 0.3) is 0 Å². The summed E-state index contributed by atoms with van der Waals surface area (Å²) in [4.78, 5) is 12.8. The Morgan fingerprint density at radius 3 is 1.14 bits per heavy atom. The van der Waals surface area contributed by atoms with Gasteiger partial charge in [-0.25, -0.2) is 21.6 Å². The van der Waals surface area contributed by atoms with Gasteiger partial charge in [-0.2, -0.15) is 26.3 Å². The average molecular weight is 929 g/mol. The second kappa shape index (κ2) is 16.5. The molecule has 0 amide bonds. The van der Waals surface area contributed by atoms with Gasteiger partial charge in [0, 0.05) is 7.05 Å². The Labute approximate surface area is 368 Å². The van der Waals surface area contributed by atoms with Crippen molar-refractivity contribution in [3.8, 4) is 28.7 Å². The number of benzene rings is 7. The fourth-order valence-corrected chi connectivity index (χ4v) is 10.0. The fraction of sp³-hybridized carbons (Fsp3) is 0.104. The van der Waals surface area contributed by atoms with Crippen LogP contribution in [0, 0.1) is 6.92 Å². The Morgan fingerprint density at radius 2 is 0.769 bits per heavy atom. The van der Waals surface area contributed by atoms with Gasteiger partial charge in [-0.05, 0) is 139 Å². The summed E-state index contributed by atoms with van der Waals surface area (Å²) in [5.74, 6) is -0.133. The van der Waals surface area contributed by atoms with Crippen LogP contribution in [0.3, 0.4) is 0 Å². The van der Waals surface area contributed by atoms with Gasteiger partial charge in [0.15, 0.2) is 0 Å². The third-order valence-corrected chi connectivity index (χ3v) is 14.4. The summed E-state index contributed by atoms with van der Waals surface area (Å²) in [7, 11) is -6.32. The van der Waals surface area contributed by atoms with Gasteiger partial charge in [0.2, 0.25) is 25.1 Å². The average Bonchev–Trinajstić information content (AvgIpc) is 3.53. The first-order chi connectivity index (χ1) is 30.7. The molecule has 7 aromatic carbocycles. The van der Waals surface area contributed by atoms with Crippen molar-refractivity contribution < 1.29 is 52.7 Å². The van der Waals surface area contributed by atoms with Gasteiger partial charge >= 0.3 is 18.0 Å². The van der Waals surface area contributed by atoms with E-state index in [1.807, 2.05) is 0 Å². The van der Waals surface area contributed by atoms with Gasteiger partial charge in [0.05, 0.1) is 36.3 Å². The smallest absolute Gasteiger partial charge is 0.411 e. The summed E-state index contributed by atoms with van der Waals surface area (Å²) < 4.78 is 157. The van der Waals surface area contributed by atoms with E-state index in [4.69, 9.17) is 9.47 Å². The van der Waals surface area contributed by atoms with Crippen LogP contribution in [0.5, 0.6) is 23.0 Å². The van der Waals surface area contributed by atoms with E-state index in [9.17, 15) is 48.0 Å². The molecule has 0 radical (unpaired) electrons. The van der Waals surface area contributed by atoms with E-state index >= 15 is 0 Å². The maximum absolute atomic E-state index is 14.9. The van der Waals surface area contributed by atoms with Gasteiger partial charge in [-0.3, -0.25) is 9.13 Å². The summed E-state index contributed by atoms with van der Waals surface area (Å²) >= 11 is 0. The summed E-state index contributed by atoms with van der Waals surface area (Å²) in [6.45, 7) is 1.81. The molecule has 0 saturated heterocycles. The number of para-hydroxylation sites is 2. The van der Waals surface area contributed by atoms with E-state index in [-0.39, 0.29) is 48.3 Å². The fourth-order valence-electron chi connectivity index (χ4n) is 7.48. The van der Waals surface area contributed by atoms with Crippen LogP contribution in [-0.2, 0) is 32.1 Å². The molecular weight excluding hydrogens is 895 g/mol. The van der Waals surface area contributed by atoms with Crippen LogP contribution in [0.1, 0.15) is 16.7 Å². The number of ether oxygens (including phenoxy) is 2. The van der Waals surface area contributed by atoms with E-state index in [1.165, 1.54) is 94.1 Å². The molecule has 8 rings (SSSR count). The van der Waals surface area contributed by atoms with E-state index < -0.39 is 48.6 Å². The molecule has 0 atom stereocenters. The van der Waals surface area contributed by atoms with Crippen LogP contribution in [0.15, 0.2) is 194 Å². The lowest BCUT2D eigenvalue weighted by molar-refractivity contribution is -0.288. The first-order valence-electron chi connectivity index (χ1n) is 19.5. The largest absolute Gasteiger partial charge is 0.457 e. The van der Waals surface area contributed by atoms with Crippen LogP contribution in [0.25, 0.3) is 16.7 Å². The minimum atomic E-state index is -5.88. The van der Waals surface area contributed by atoms with E-state index in [0.717, 1.165) is 29.8 Å². The monoisotopic (exact) mass is 928 g/mol. The lowest BCUT2D eigenvalue weighted by Crippen LogP contribution is -2.54. The highest BCUT2D eigenvalue weighted by Crippen LogP contribution is 2.56. The zero-order chi connectivity index (χ0) is 46.5. The van der Waals surface area contributed by atoms with Crippen molar-refractivity contribution in [1.29, 1.82) is 0 Å². The summed E-state index contributed by atoms with van der Waals surface area (Å²) in [6, 6.07) is 35.7. The number of hydrogen-bond donors (Lipinski definition) is 0. The summed E-state index contributed by atoms with van der Waals surface area (Å²) in [5, 5.41) is 0. The molecule has 17 heteroatoms. The van der Waals surface area contributed by atoms with Crippen molar-refractivity contribution >= 4 is 30.7 Å². The number of aromatic nitrogens is 2. The van der Waals surface area contributed by atoms with Crippen molar-refractivity contribution in [3.63, 3.8) is 0 Å². The first kappa shape index (κ1) is 44.5. The van der Waals surface area contributed by atoms with Crippen LogP contribution < -0.4 is 15.2 Å². The zero-order valence-corrected chi connectivity index (χ0v) is 35.6. The number of nitrogens with zero attached hydrogens (tertiary/aromatic N) is 2. The van der Waals surface area contributed by atoms with E-state index in [2.05, 4.69) is 0 Å². The molecule has 8 aromatic rings. The SMILES string of the molecule is Cc1ccc(S(=O)(=O)c2ccc(Oc3ccc(C(c4ccc(Oc5ccc(S(=O)(=O)c6ccc(-n7c(=O)n(C)c8ccccc87)cc6)cc5)cc4)(C(F)(F)F)C(F)(F)F)cc3)cc2)cc1. The minimum absolute atomic E-state index is 0.0402. The molecule has 65 heavy (non-hydrogen) atoms. The number of rotatable bonds is 11. The second-order valence-corrected chi connectivity index (χ2v) is 18.8. The van der Waals surface area contributed by atoms with Crippen molar-refractivity contribution in [3.05, 3.63) is 197 Å². The number of aryl methyl sites for hydroxylation is 2. The minimum Gasteiger partial charge on any atom is -0.457 e. The number of hydrogen-bond acceptors (Lipinski definition) is 7. The molecule has 0 aliphatic heterocycles. The molecule has 0 unspecified atom stereocenters. The van der Waals surface area contributed by atoms with Crippen LogP contribution >= 0.6 is 0 Å². The van der Waals surface area contributed by atoms with Crippen LogP contribution in [0.2, 0.25) is 0 Å². The highest BCUT2D eigenvalue weighted by atomic mass is 32.2. The number of halogens is 6. The molecule has 0 bridgehead atoms. The maximum atomic E-state index is 14.9. The van der Waals surface area contributed by atoms with E-state index in [0.29, 0.717) is 41.0 Å². The molecule has 0 saturated carbocycles. The van der Waals surface area contributed by atoms with Crippen molar-refractivity contribution in [1.82, 2.24) is 9.13 Å². The van der Waals surface area contributed by atoms with E-state index in [1.54, 1.807) is 50.4 Å². The standard InChI is InChI=1S/C48H34F6N2O7S2/c1-31-7-23-39(24-8-31)64(58,59)41-27-19-37(20-28-41)62-35-15-9-32(10-16-35)46(47(49,50)51,48(52,53)54)33-11-17-36(18-12-33)63-38-21-29-42(30-22-38)65(60,61)40-25-13-34(14-26-40)56-44-6-4-3-5-43(44)55(2)45(56)57/h3-30H,1-2H3. The Hall–Kier alpha value is -7.11. The van der Waals surface area contributed by atoms with Gasteiger partial charge in [0.1, 0.15) is 23.0 Å². The topological polar surface area (TPSA) is 114 Å². The Morgan fingerprint density at radius 1 is 0.446 bits per heavy atom. The van der Waals surface area contributed by atoms with Gasteiger partial charge in [-0.1, -0.05) is 54.1 Å². The number of sulfone groups is 2. The molecule has 0 fully saturated rings. The molecule has 0 aliphatic carbocycles. The Balaban J connectivity index is 0.988.